The molecule has 0 amide bonds. The van der Waals surface area contributed by atoms with E-state index >= 15 is 0 Å². The van der Waals surface area contributed by atoms with Gasteiger partial charge in [0.1, 0.15) is 0 Å². The summed E-state index contributed by atoms with van der Waals surface area (Å²) in [4.78, 5) is 50.9. The van der Waals surface area contributed by atoms with Crippen LogP contribution in [0.1, 0.15) is 25.7 Å². The fourth-order valence-electron chi connectivity index (χ4n) is 3.45. The summed E-state index contributed by atoms with van der Waals surface area (Å²) in [6.45, 7) is -0.401. The van der Waals surface area contributed by atoms with Crippen LogP contribution in [-0.2, 0) is 38.1 Å². The van der Waals surface area contributed by atoms with Crippen molar-refractivity contribution in [3.05, 3.63) is 0 Å². The van der Waals surface area contributed by atoms with Crippen LogP contribution in [0.5, 0.6) is 0 Å². The molecule has 1 rings (SSSR count). The maximum Gasteiger partial charge on any atom is 0.319 e. The van der Waals surface area contributed by atoms with Crippen molar-refractivity contribution in [2.75, 3.05) is 54.6 Å². The van der Waals surface area contributed by atoms with E-state index in [0.717, 1.165) is 12.8 Å². The van der Waals surface area contributed by atoms with Gasteiger partial charge >= 0.3 is 23.9 Å². The second-order valence-corrected chi connectivity index (χ2v) is 6.53. The summed E-state index contributed by atoms with van der Waals surface area (Å²) in [6, 6.07) is -0.498. The second kappa shape index (κ2) is 12.3. The highest BCUT2D eigenvalue weighted by Crippen LogP contribution is 2.27. The van der Waals surface area contributed by atoms with Gasteiger partial charge in [-0.15, -0.1) is 0 Å². The molecule has 1 fully saturated rings. The Bertz CT molecular complexity index is 470. The molecule has 1 saturated carbocycles. The lowest BCUT2D eigenvalue weighted by Gasteiger charge is -2.43. The minimum atomic E-state index is -0.485. The van der Waals surface area contributed by atoms with E-state index in [1.165, 1.54) is 28.4 Å². The van der Waals surface area contributed by atoms with Crippen LogP contribution in [-0.4, -0.2) is 100 Å². The topological polar surface area (TPSA) is 112 Å². The lowest BCUT2D eigenvalue weighted by atomic mass is 9.87. The minimum Gasteiger partial charge on any atom is -0.468 e. The highest BCUT2D eigenvalue weighted by molar-refractivity contribution is 5.76. The summed E-state index contributed by atoms with van der Waals surface area (Å²) in [5, 5.41) is 0. The molecule has 2 atom stereocenters. The summed E-state index contributed by atoms with van der Waals surface area (Å²) < 4.78 is 19.0. The van der Waals surface area contributed by atoms with Crippen molar-refractivity contribution in [1.29, 1.82) is 0 Å². The molecule has 1 aliphatic carbocycles. The van der Waals surface area contributed by atoms with Gasteiger partial charge in [-0.05, 0) is 12.8 Å². The number of hydrogen-bond donors (Lipinski definition) is 0. The number of ether oxygens (including phenoxy) is 4. The number of methoxy groups -OCH3 is 4. The van der Waals surface area contributed by atoms with Crippen molar-refractivity contribution in [3.8, 4) is 0 Å². The van der Waals surface area contributed by atoms with Crippen molar-refractivity contribution in [3.63, 3.8) is 0 Å². The van der Waals surface area contributed by atoms with E-state index in [1.807, 2.05) is 0 Å². The summed E-state index contributed by atoms with van der Waals surface area (Å²) in [6.07, 6.45) is 3.17. The molecule has 0 radical (unpaired) electrons. The lowest BCUT2D eigenvalue weighted by molar-refractivity contribution is -0.152. The Morgan fingerprint density at radius 3 is 1.07 bits per heavy atom. The molecule has 0 aromatic heterocycles. The SMILES string of the molecule is COC(=O)CN(CC(=O)OC)C1CCCCC1N(CC(=O)OC)CC(=O)OC. The number of carbonyl (C=O) groups is 4. The highest BCUT2D eigenvalue weighted by Gasteiger charge is 2.37. The molecule has 0 saturated heterocycles. The average Bonchev–Trinajstić information content (AvgIpc) is 2.72. The maximum absolute atomic E-state index is 11.9. The third kappa shape index (κ3) is 7.43. The van der Waals surface area contributed by atoms with Gasteiger partial charge in [0.05, 0.1) is 54.6 Å². The largest absolute Gasteiger partial charge is 0.468 e. The van der Waals surface area contributed by atoms with E-state index in [9.17, 15) is 19.2 Å². The van der Waals surface area contributed by atoms with E-state index in [-0.39, 0.29) is 38.3 Å². The van der Waals surface area contributed by atoms with Gasteiger partial charge in [-0.1, -0.05) is 12.8 Å². The predicted molar refractivity (Wildman–Crippen MR) is 97.3 cm³/mol. The Balaban J connectivity index is 3.12. The summed E-state index contributed by atoms with van der Waals surface area (Å²) in [5.74, 6) is -1.94. The molecular weight excluding hydrogens is 372 g/mol. The smallest absolute Gasteiger partial charge is 0.319 e. The van der Waals surface area contributed by atoms with Crippen LogP contribution in [0, 0.1) is 0 Å². The van der Waals surface area contributed by atoms with E-state index in [4.69, 9.17) is 18.9 Å². The van der Waals surface area contributed by atoms with E-state index in [1.54, 1.807) is 9.80 Å². The molecule has 0 aromatic carbocycles. The molecule has 10 nitrogen and oxygen atoms in total. The van der Waals surface area contributed by atoms with Crippen LogP contribution >= 0.6 is 0 Å². The first-order valence-corrected chi connectivity index (χ1v) is 9.11. The summed E-state index contributed by atoms with van der Waals surface area (Å²) >= 11 is 0. The van der Waals surface area contributed by atoms with Crippen LogP contribution in [0.4, 0.5) is 0 Å². The Morgan fingerprint density at radius 1 is 0.607 bits per heavy atom. The van der Waals surface area contributed by atoms with Crippen LogP contribution in [0.2, 0.25) is 0 Å². The molecule has 0 heterocycles. The fourth-order valence-corrected chi connectivity index (χ4v) is 3.45. The van der Waals surface area contributed by atoms with Crippen molar-refractivity contribution >= 4 is 23.9 Å². The number of nitrogens with zero attached hydrogens (tertiary/aromatic N) is 2. The maximum atomic E-state index is 11.9. The molecule has 1 aliphatic rings. The Morgan fingerprint density at radius 2 is 0.857 bits per heavy atom. The third-order valence-electron chi connectivity index (χ3n) is 4.87. The fraction of sp³-hybridized carbons (Fsp3) is 0.778. The Hall–Kier alpha value is -2.20. The highest BCUT2D eigenvalue weighted by atomic mass is 16.5. The van der Waals surface area contributed by atoms with Crippen molar-refractivity contribution in [1.82, 2.24) is 9.80 Å². The van der Waals surface area contributed by atoms with Gasteiger partial charge in [0.25, 0.3) is 0 Å². The molecule has 0 bridgehead atoms. The first-order valence-electron chi connectivity index (χ1n) is 9.11. The average molecular weight is 402 g/mol. The molecule has 160 valence electrons. The summed E-state index contributed by atoms with van der Waals surface area (Å²) in [7, 11) is 5.10. The molecule has 0 aliphatic heterocycles. The Labute approximate surface area is 165 Å². The van der Waals surface area contributed by atoms with Gasteiger partial charge in [-0.3, -0.25) is 29.0 Å². The van der Waals surface area contributed by atoms with Crippen molar-refractivity contribution in [2.45, 2.75) is 37.8 Å². The zero-order valence-electron chi connectivity index (χ0n) is 17.0. The van der Waals surface area contributed by atoms with Gasteiger partial charge in [0.15, 0.2) is 0 Å². The monoisotopic (exact) mass is 402 g/mol. The van der Waals surface area contributed by atoms with Crippen LogP contribution in [0.3, 0.4) is 0 Å². The van der Waals surface area contributed by atoms with Crippen molar-refractivity contribution in [2.24, 2.45) is 0 Å². The van der Waals surface area contributed by atoms with Gasteiger partial charge in [-0.2, -0.15) is 0 Å². The molecule has 0 aromatic rings. The number of carbonyl (C=O) groups excluding carboxylic acids is 4. The van der Waals surface area contributed by atoms with Gasteiger partial charge in [0.2, 0.25) is 0 Å². The van der Waals surface area contributed by atoms with Crippen LogP contribution < -0.4 is 0 Å². The molecule has 0 N–H and O–H groups in total. The minimum absolute atomic E-state index is 0.100. The zero-order chi connectivity index (χ0) is 21.1. The van der Waals surface area contributed by atoms with Gasteiger partial charge in [0, 0.05) is 12.1 Å². The van der Waals surface area contributed by atoms with Gasteiger partial charge < -0.3 is 18.9 Å². The standard InChI is InChI=1S/C18H30N2O8/c1-25-15(21)9-19(10-16(22)26-2)13-7-5-6-8-14(13)20(11-17(23)27-3)12-18(24)28-4/h13-14H,5-12H2,1-4H3. The number of esters is 4. The quantitative estimate of drug-likeness (QED) is 0.353. The van der Waals surface area contributed by atoms with E-state index < -0.39 is 23.9 Å². The molecular formula is C18H30N2O8. The van der Waals surface area contributed by atoms with E-state index in [2.05, 4.69) is 0 Å². The van der Waals surface area contributed by atoms with Crippen LogP contribution in [0.25, 0.3) is 0 Å². The molecule has 10 heteroatoms. The predicted octanol–water partition coefficient (Wildman–Crippen LogP) is -0.406. The first-order chi connectivity index (χ1) is 13.4. The van der Waals surface area contributed by atoms with Crippen LogP contribution in [0.15, 0.2) is 0 Å². The summed E-state index contributed by atoms with van der Waals surface area (Å²) in [5.41, 5.74) is 0. The second-order valence-electron chi connectivity index (χ2n) is 6.53. The molecule has 0 spiro atoms. The number of rotatable bonds is 10. The van der Waals surface area contributed by atoms with Gasteiger partial charge in [-0.25, -0.2) is 0 Å². The van der Waals surface area contributed by atoms with E-state index in [0.29, 0.717) is 12.8 Å². The number of hydrogen-bond acceptors (Lipinski definition) is 10. The van der Waals surface area contributed by atoms with Crippen molar-refractivity contribution < 1.29 is 38.1 Å². The third-order valence-corrected chi connectivity index (χ3v) is 4.87. The molecule has 2 unspecified atom stereocenters. The molecule has 28 heavy (non-hydrogen) atoms. The zero-order valence-corrected chi connectivity index (χ0v) is 17.0. The first kappa shape index (κ1) is 23.8. The Kier molecular flexibility index (Phi) is 10.5. The lowest BCUT2D eigenvalue weighted by Crippen LogP contribution is -2.57. The normalized spacial score (nSPS) is 19.2.